The van der Waals surface area contributed by atoms with Crippen molar-refractivity contribution in [2.45, 2.75) is 6.04 Å². The van der Waals surface area contributed by atoms with Gasteiger partial charge >= 0.3 is 5.97 Å². The summed E-state index contributed by atoms with van der Waals surface area (Å²) in [5.41, 5.74) is 2.77. The Morgan fingerprint density at radius 2 is 1.71 bits per heavy atom. The maximum Gasteiger partial charge on any atom is 0.319 e. The maximum atomic E-state index is 12.9. The van der Waals surface area contributed by atoms with E-state index in [0.717, 1.165) is 11.1 Å². The molecule has 160 valence electrons. The third kappa shape index (κ3) is 5.84. The molecule has 7 heteroatoms. The summed E-state index contributed by atoms with van der Waals surface area (Å²) in [5.74, 6) is -0.0641. The summed E-state index contributed by atoms with van der Waals surface area (Å²) in [6, 6.07) is 21.3. The van der Waals surface area contributed by atoms with E-state index in [0.29, 0.717) is 22.0 Å². The van der Waals surface area contributed by atoms with Gasteiger partial charge in [0.2, 0.25) is 0 Å². The van der Waals surface area contributed by atoms with E-state index in [1.54, 1.807) is 43.5 Å². The zero-order chi connectivity index (χ0) is 22.2. The molecule has 2 N–H and O–H groups in total. The van der Waals surface area contributed by atoms with Gasteiger partial charge in [-0.15, -0.1) is 0 Å². The zero-order valence-electron chi connectivity index (χ0n) is 17.2. The molecular weight excluding hydrogens is 416 g/mol. The fourth-order valence-electron chi connectivity index (χ4n) is 3.14. The van der Waals surface area contributed by atoms with E-state index in [2.05, 4.69) is 10.6 Å². The summed E-state index contributed by atoms with van der Waals surface area (Å²) in [6.07, 6.45) is 0. The Hall–Kier alpha value is -3.35. The molecule has 3 aromatic carbocycles. The van der Waals surface area contributed by atoms with Crippen molar-refractivity contribution in [3.8, 4) is 5.75 Å². The number of rotatable bonds is 8. The van der Waals surface area contributed by atoms with Crippen LogP contribution in [0, 0.1) is 0 Å². The number of ether oxygens (including phenoxy) is 2. The highest BCUT2D eigenvalue weighted by Gasteiger charge is 2.20. The van der Waals surface area contributed by atoms with Crippen molar-refractivity contribution in [3.63, 3.8) is 0 Å². The van der Waals surface area contributed by atoms with Crippen LogP contribution in [0.25, 0.3) is 0 Å². The van der Waals surface area contributed by atoms with Crippen LogP contribution >= 0.6 is 11.6 Å². The van der Waals surface area contributed by atoms with Crippen LogP contribution in [0.2, 0.25) is 5.02 Å². The first kappa shape index (κ1) is 22.3. The lowest BCUT2D eigenvalue weighted by atomic mass is 9.96. The Balaban J connectivity index is 1.93. The molecule has 1 atom stereocenters. The van der Waals surface area contributed by atoms with Crippen molar-refractivity contribution < 1.29 is 19.1 Å². The number of halogens is 1. The summed E-state index contributed by atoms with van der Waals surface area (Å²) < 4.78 is 9.97. The average Bonchev–Trinajstić information content (AvgIpc) is 2.81. The van der Waals surface area contributed by atoms with Gasteiger partial charge in [0.05, 0.1) is 26.8 Å². The number of anilines is 1. The van der Waals surface area contributed by atoms with Gasteiger partial charge in [0.1, 0.15) is 5.75 Å². The second kappa shape index (κ2) is 10.6. The number of carbonyl (C=O) groups excluding carboxylic acids is 2. The Labute approximate surface area is 186 Å². The van der Waals surface area contributed by atoms with Gasteiger partial charge in [0, 0.05) is 16.3 Å². The first-order chi connectivity index (χ1) is 15.0. The van der Waals surface area contributed by atoms with Gasteiger partial charge in [0.15, 0.2) is 0 Å². The van der Waals surface area contributed by atoms with Crippen LogP contribution in [0.15, 0.2) is 72.8 Å². The lowest BCUT2D eigenvalue weighted by Crippen LogP contribution is -2.30. The molecule has 0 radical (unpaired) electrons. The Bertz CT molecular complexity index is 1050. The summed E-state index contributed by atoms with van der Waals surface area (Å²) in [7, 11) is 2.89. The number of para-hydroxylation sites is 1. The van der Waals surface area contributed by atoms with Crippen LogP contribution in [0.4, 0.5) is 5.69 Å². The monoisotopic (exact) mass is 438 g/mol. The molecule has 0 aliphatic rings. The summed E-state index contributed by atoms with van der Waals surface area (Å²) in [5, 5.41) is 6.78. The molecule has 0 aliphatic carbocycles. The molecule has 3 aromatic rings. The zero-order valence-corrected chi connectivity index (χ0v) is 18.0. The lowest BCUT2D eigenvalue weighted by molar-refractivity contribution is -0.139. The molecule has 0 saturated carbocycles. The summed E-state index contributed by atoms with van der Waals surface area (Å²) in [4.78, 5) is 24.6. The molecule has 0 bridgehead atoms. The molecule has 0 saturated heterocycles. The molecule has 0 aromatic heterocycles. The first-order valence-corrected chi connectivity index (χ1v) is 9.99. The fourth-order valence-corrected chi connectivity index (χ4v) is 3.27. The van der Waals surface area contributed by atoms with E-state index in [-0.39, 0.29) is 18.5 Å². The van der Waals surface area contributed by atoms with Gasteiger partial charge in [-0.3, -0.25) is 14.9 Å². The maximum absolute atomic E-state index is 12.9. The predicted molar refractivity (Wildman–Crippen MR) is 121 cm³/mol. The molecule has 1 amide bonds. The minimum Gasteiger partial charge on any atom is -0.497 e. The highest BCUT2D eigenvalue weighted by atomic mass is 35.5. The van der Waals surface area contributed by atoms with E-state index in [1.165, 1.54) is 7.11 Å². The number of methoxy groups -OCH3 is 2. The third-order valence-electron chi connectivity index (χ3n) is 4.73. The van der Waals surface area contributed by atoms with Crippen molar-refractivity contribution in [3.05, 3.63) is 94.5 Å². The van der Waals surface area contributed by atoms with Gasteiger partial charge < -0.3 is 14.8 Å². The second-order valence-electron chi connectivity index (χ2n) is 6.71. The molecule has 6 nitrogen and oxygen atoms in total. The standard InChI is InChI=1S/C24H23ClN2O4/c1-30-19-7-5-6-17(14-19)24(29)27-21-9-4-3-8-20(21)23(26-15-22(28)31-2)16-10-12-18(25)13-11-16/h3-14,23,26H,15H2,1-2H3,(H,27,29). The van der Waals surface area contributed by atoms with Crippen LogP contribution in [0.1, 0.15) is 27.5 Å². The topological polar surface area (TPSA) is 76.7 Å². The lowest BCUT2D eigenvalue weighted by Gasteiger charge is -2.22. The third-order valence-corrected chi connectivity index (χ3v) is 4.99. The normalized spacial score (nSPS) is 11.5. The quantitative estimate of drug-likeness (QED) is 0.508. The van der Waals surface area contributed by atoms with Crippen molar-refractivity contribution in [1.29, 1.82) is 0 Å². The van der Waals surface area contributed by atoms with Crippen molar-refractivity contribution >= 4 is 29.2 Å². The number of benzene rings is 3. The van der Waals surface area contributed by atoms with E-state index >= 15 is 0 Å². The predicted octanol–water partition coefficient (Wildman–Crippen LogP) is 4.45. The van der Waals surface area contributed by atoms with Crippen LogP contribution < -0.4 is 15.4 Å². The molecule has 0 aliphatic heterocycles. The summed E-state index contributed by atoms with van der Waals surface area (Å²) in [6.45, 7) is 0.00194. The minimum absolute atomic E-state index is 0.00194. The van der Waals surface area contributed by atoms with Crippen LogP contribution in [0.5, 0.6) is 5.75 Å². The number of esters is 1. The number of hydrogen-bond acceptors (Lipinski definition) is 5. The number of carbonyl (C=O) groups is 2. The molecular formula is C24H23ClN2O4. The van der Waals surface area contributed by atoms with E-state index in [4.69, 9.17) is 21.1 Å². The molecule has 0 spiro atoms. The summed E-state index contributed by atoms with van der Waals surface area (Å²) >= 11 is 6.04. The van der Waals surface area contributed by atoms with Crippen LogP contribution in [-0.4, -0.2) is 32.6 Å². The second-order valence-corrected chi connectivity index (χ2v) is 7.15. The fraction of sp³-hybridized carbons (Fsp3) is 0.167. The van der Waals surface area contributed by atoms with Crippen molar-refractivity contribution in [2.24, 2.45) is 0 Å². The van der Waals surface area contributed by atoms with Gasteiger partial charge in [-0.2, -0.15) is 0 Å². The van der Waals surface area contributed by atoms with Gasteiger partial charge in [-0.1, -0.05) is 48.0 Å². The van der Waals surface area contributed by atoms with Crippen LogP contribution in [-0.2, 0) is 9.53 Å². The molecule has 1 unspecified atom stereocenters. The Morgan fingerprint density at radius 3 is 2.42 bits per heavy atom. The van der Waals surface area contributed by atoms with Gasteiger partial charge in [0.25, 0.3) is 5.91 Å². The van der Waals surface area contributed by atoms with E-state index in [9.17, 15) is 9.59 Å². The Kier molecular flexibility index (Phi) is 7.65. The SMILES string of the molecule is COC(=O)CNC(c1ccc(Cl)cc1)c1ccccc1NC(=O)c1cccc(OC)c1. The first-order valence-electron chi connectivity index (χ1n) is 9.62. The highest BCUT2D eigenvalue weighted by Crippen LogP contribution is 2.30. The minimum atomic E-state index is -0.392. The molecule has 0 heterocycles. The highest BCUT2D eigenvalue weighted by molar-refractivity contribution is 6.30. The molecule has 31 heavy (non-hydrogen) atoms. The van der Waals surface area contributed by atoms with Gasteiger partial charge in [-0.05, 0) is 47.5 Å². The van der Waals surface area contributed by atoms with Crippen LogP contribution in [0.3, 0.4) is 0 Å². The van der Waals surface area contributed by atoms with E-state index < -0.39 is 5.97 Å². The molecule has 3 rings (SSSR count). The molecule has 0 fully saturated rings. The Morgan fingerprint density at radius 1 is 0.968 bits per heavy atom. The number of amides is 1. The number of nitrogens with one attached hydrogen (secondary N) is 2. The largest absolute Gasteiger partial charge is 0.497 e. The van der Waals surface area contributed by atoms with Crippen molar-refractivity contribution in [2.75, 3.05) is 26.1 Å². The van der Waals surface area contributed by atoms with Gasteiger partial charge in [-0.25, -0.2) is 0 Å². The van der Waals surface area contributed by atoms with Crippen molar-refractivity contribution in [1.82, 2.24) is 5.32 Å². The smallest absolute Gasteiger partial charge is 0.319 e. The average molecular weight is 439 g/mol. The number of hydrogen-bond donors (Lipinski definition) is 2. The van der Waals surface area contributed by atoms with E-state index in [1.807, 2.05) is 36.4 Å².